The van der Waals surface area contributed by atoms with E-state index in [1.807, 2.05) is 6.92 Å². The average Bonchev–Trinajstić information content (AvgIpc) is 2.98. The van der Waals surface area contributed by atoms with Crippen molar-refractivity contribution in [3.05, 3.63) is 24.0 Å². The third-order valence-corrected chi connectivity index (χ3v) is 3.22. The number of ether oxygens (including phenoxy) is 2. The number of pyridine rings is 1. The second-order valence-corrected chi connectivity index (χ2v) is 5.30. The second kappa shape index (κ2) is 7.86. The first kappa shape index (κ1) is 16.4. The van der Waals surface area contributed by atoms with Gasteiger partial charge in [-0.3, -0.25) is 14.6 Å². The highest BCUT2D eigenvalue weighted by Crippen LogP contribution is 2.14. The Labute approximate surface area is 129 Å². The average molecular weight is 307 g/mol. The van der Waals surface area contributed by atoms with Crippen molar-refractivity contribution in [2.45, 2.75) is 32.4 Å². The monoisotopic (exact) mass is 307 g/mol. The first-order chi connectivity index (χ1) is 10.6. The largest absolute Gasteiger partial charge is 0.379 e. The Balaban J connectivity index is 1.89. The summed E-state index contributed by atoms with van der Waals surface area (Å²) in [6, 6.07) is 1.42. The molecule has 1 aromatic rings. The first-order valence-electron chi connectivity index (χ1n) is 7.28. The van der Waals surface area contributed by atoms with Crippen molar-refractivity contribution >= 4 is 17.5 Å². The lowest BCUT2D eigenvalue weighted by atomic mass is 10.2. The normalized spacial score (nSPS) is 18.7. The summed E-state index contributed by atoms with van der Waals surface area (Å²) in [5.74, 6) is -0.524. The number of hydrogen-bond acceptors (Lipinski definition) is 5. The molecular formula is C15H21N3O4. The highest BCUT2D eigenvalue weighted by Gasteiger charge is 2.19. The van der Waals surface area contributed by atoms with Crippen molar-refractivity contribution in [2.24, 2.45) is 0 Å². The number of aromatic nitrogens is 1. The minimum atomic E-state index is -0.273. The maximum absolute atomic E-state index is 12.3. The lowest BCUT2D eigenvalue weighted by Crippen LogP contribution is -2.37. The van der Waals surface area contributed by atoms with Gasteiger partial charge in [0.15, 0.2) is 0 Å². The van der Waals surface area contributed by atoms with Crippen LogP contribution in [0.3, 0.4) is 0 Å². The molecule has 0 bridgehead atoms. The summed E-state index contributed by atoms with van der Waals surface area (Å²) in [7, 11) is 0. The summed E-state index contributed by atoms with van der Waals surface area (Å²) in [5.41, 5.74) is 0.770. The Morgan fingerprint density at radius 2 is 2.36 bits per heavy atom. The number of amides is 2. The van der Waals surface area contributed by atoms with Crippen LogP contribution >= 0.6 is 0 Å². The van der Waals surface area contributed by atoms with Crippen molar-refractivity contribution in [1.82, 2.24) is 10.3 Å². The highest BCUT2D eigenvalue weighted by atomic mass is 16.5. The van der Waals surface area contributed by atoms with Gasteiger partial charge in [-0.05, 0) is 19.4 Å². The number of carbonyl (C=O) groups is 2. The minimum Gasteiger partial charge on any atom is -0.379 e. The van der Waals surface area contributed by atoms with Crippen LogP contribution in [-0.4, -0.2) is 48.8 Å². The number of anilines is 1. The van der Waals surface area contributed by atoms with Crippen LogP contribution in [0.1, 0.15) is 30.6 Å². The van der Waals surface area contributed by atoms with Gasteiger partial charge in [-0.15, -0.1) is 0 Å². The van der Waals surface area contributed by atoms with Crippen molar-refractivity contribution in [3.8, 4) is 0 Å². The third kappa shape index (κ3) is 4.78. The zero-order valence-electron chi connectivity index (χ0n) is 12.8. The van der Waals surface area contributed by atoms with Crippen LogP contribution in [0.5, 0.6) is 0 Å². The van der Waals surface area contributed by atoms with Crippen LogP contribution in [-0.2, 0) is 14.3 Å². The number of carbonyl (C=O) groups excluding carboxylic acids is 2. The molecule has 0 aromatic carbocycles. The van der Waals surface area contributed by atoms with E-state index < -0.39 is 0 Å². The molecule has 1 aromatic heterocycles. The second-order valence-electron chi connectivity index (χ2n) is 5.30. The van der Waals surface area contributed by atoms with Crippen LogP contribution in [0.4, 0.5) is 5.69 Å². The molecule has 22 heavy (non-hydrogen) atoms. The standard InChI is InChI=1S/C15H21N3O4/c1-10(8-22-12-4-6-21-9-12)17-15(20)13-3-5-16-7-14(13)18-11(2)19/h3,5,7,10,12H,4,6,8-9H2,1-2H3,(H,17,20)(H,18,19). The van der Waals surface area contributed by atoms with Gasteiger partial charge in [-0.25, -0.2) is 0 Å². The van der Waals surface area contributed by atoms with Gasteiger partial charge in [0.25, 0.3) is 5.91 Å². The number of rotatable bonds is 6. The molecule has 2 rings (SSSR count). The molecule has 1 fully saturated rings. The van der Waals surface area contributed by atoms with Crippen LogP contribution in [0.2, 0.25) is 0 Å². The van der Waals surface area contributed by atoms with Crippen molar-refractivity contribution in [3.63, 3.8) is 0 Å². The van der Waals surface area contributed by atoms with Gasteiger partial charge >= 0.3 is 0 Å². The van der Waals surface area contributed by atoms with E-state index in [9.17, 15) is 9.59 Å². The van der Waals surface area contributed by atoms with E-state index in [4.69, 9.17) is 9.47 Å². The molecule has 2 atom stereocenters. The van der Waals surface area contributed by atoms with E-state index in [0.717, 1.165) is 13.0 Å². The van der Waals surface area contributed by atoms with Crippen molar-refractivity contribution in [1.29, 1.82) is 0 Å². The Bertz CT molecular complexity index is 529. The summed E-state index contributed by atoms with van der Waals surface area (Å²) < 4.78 is 10.9. The van der Waals surface area contributed by atoms with Crippen LogP contribution in [0, 0.1) is 0 Å². The SMILES string of the molecule is CC(=O)Nc1cnccc1C(=O)NC(C)COC1CCOC1. The summed E-state index contributed by atoms with van der Waals surface area (Å²) in [5, 5.41) is 5.44. The molecule has 2 heterocycles. The van der Waals surface area contributed by atoms with Crippen LogP contribution in [0.25, 0.3) is 0 Å². The molecule has 7 nitrogen and oxygen atoms in total. The molecule has 2 unspecified atom stereocenters. The van der Waals surface area contributed by atoms with Gasteiger partial charge in [0.1, 0.15) is 0 Å². The molecule has 2 amide bonds. The molecule has 1 aliphatic heterocycles. The van der Waals surface area contributed by atoms with E-state index in [1.54, 1.807) is 6.07 Å². The minimum absolute atomic E-state index is 0.107. The summed E-state index contributed by atoms with van der Waals surface area (Å²) >= 11 is 0. The van der Waals surface area contributed by atoms with E-state index in [1.165, 1.54) is 19.3 Å². The topological polar surface area (TPSA) is 89.6 Å². The lowest BCUT2D eigenvalue weighted by Gasteiger charge is -2.17. The molecule has 0 aliphatic carbocycles. The maximum Gasteiger partial charge on any atom is 0.253 e. The van der Waals surface area contributed by atoms with E-state index >= 15 is 0 Å². The zero-order chi connectivity index (χ0) is 15.9. The van der Waals surface area contributed by atoms with Gasteiger partial charge in [0.05, 0.1) is 36.8 Å². The molecule has 0 spiro atoms. The quantitative estimate of drug-likeness (QED) is 0.817. The lowest BCUT2D eigenvalue weighted by molar-refractivity contribution is -0.114. The van der Waals surface area contributed by atoms with Gasteiger partial charge < -0.3 is 20.1 Å². The maximum atomic E-state index is 12.3. The summed E-state index contributed by atoms with van der Waals surface area (Å²) in [4.78, 5) is 27.4. The fourth-order valence-electron chi connectivity index (χ4n) is 2.15. The van der Waals surface area contributed by atoms with Gasteiger partial charge in [0, 0.05) is 25.8 Å². The van der Waals surface area contributed by atoms with Gasteiger partial charge in [-0.1, -0.05) is 0 Å². The molecule has 1 saturated heterocycles. The van der Waals surface area contributed by atoms with Gasteiger partial charge in [-0.2, -0.15) is 0 Å². The van der Waals surface area contributed by atoms with Crippen LogP contribution in [0.15, 0.2) is 18.5 Å². The van der Waals surface area contributed by atoms with E-state index in [2.05, 4.69) is 15.6 Å². The first-order valence-corrected chi connectivity index (χ1v) is 7.28. The predicted octanol–water partition coefficient (Wildman–Crippen LogP) is 0.964. The molecule has 7 heteroatoms. The molecule has 0 radical (unpaired) electrons. The Morgan fingerprint density at radius 3 is 3.05 bits per heavy atom. The fraction of sp³-hybridized carbons (Fsp3) is 0.533. The molecule has 0 saturated carbocycles. The predicted molar refractivity (Wildman–Crippen MR) is 80.6 cm³/mol. The van der Waals surface area contributed by atoms with E-state index in [0.29, 0.717) is 24.5 Å². The smallest absolute Gasteiger partial charge is 0.253 e. The highest BCUT2D eigenvalue weighted by molar-refractivity contribution is 6.03. The number of hydrogen-bond donors (Lipinski definition) is 2. The van der Waals surface area contributed by atoms with Gasteiger partial charge in [0.2, 0.25) is 5.91 Å². The third-order valence-electron chi connectivity index (χ3n) is 3.22. The molecule has 1 aliphatic rings. The molecule has 2 N–H and O–H groups in total. The summed E-state index contributed by atoms with van der Waals surface area (Å²) in [6.45, 7) is 5.00. The summed E-state index contributed by atoms with van der Waals surface area (Å²) in [6.07, 6.45) is 3.96. The Morgan fingerprint density at radius 1 is 1.55 bits per heavy atom. The van der Waals surface area contributed by atoms with Crippen molar-refractivity contribution < 1.29 is 19.1 Å². The Hall–Kier alpha value is -1.99. The fourth-order valence-corrected chi connectivity index (χ4v) is 2.15. The number of nitrogens with one attached hydrogen (secondary N) is 2. The van der Waals surface area contributed by atoms with Crippen LogP contribution < -0.4 is 10.6 Å². The molecule has 120 valence electrons. The zero-order valence-corrected chi connectivity index (χ0v) is 12.8. The number of nitrogens with zero attached hydrogens (tertiary/aromatic N) is 1. The van der Waals surface area contributed by atoms with Crippen molar-refractivity contribution in [2.75, 3.05) is 25.1 Å². The van der Waals surface area contributed by atoms with E-state index in [-0.39, 0.29) is 24.0 Å². The Kier molecular flexibility index (Phi) is 5.85. The molecular weight excluding hydrogens is 286 g/mol.